The fourth-order valence-corrected chi connectivity index (χ4v) is 1.92. The van der Waals surface area contributed by atoms with Gasteiger partial charge in [0.2, 0.25) is 0 Å². The summed E-state index contributed by atoms with van der Waals surface area (Å²) >= 11 is 0. The summed E-state index contributed by atoms with van der Waals surface area (Å²) in [5.74, 6) is 0.417. The molecule has 74 valence electrons. The zero-order chi connectivity index (χ0) is 9.68. The minimum Gasteiger partial charge on any atom is -0.295 e. The minimum absolute atomic E-state index is 0.417. The highest BCUT2D eigenvalue weighted by Gasteiger charge is 2.16. The molecule has 0 saturated heterocycles. The molecular formula is C12H20O. The van der Waals surface area contributed by atoms with E-state index in [0.29, 0.717) is 5.78 Å². The summed E-state index contributed by atoms with van der Waals surface area (Å²) in [6.07, 6.45) is 7.71. The van der Waals surface area contributed by atoms with E-state index in [0.717, 1.165) is 31.3 Å². The first-order valence-electron chi connectivity index (χ1n) is 5.47. The Kier molecular flexibility index (Phi) is 4.20. The van der Waals surface area contributed by atoms with Crippen LogP contribution in [0.25, 0.3) is 0 Å². The second-order valence-electron chi connectivity index (χ2n) is 3.99. The molecule has 13 heavy (non-hydrogen) atoms. The van der Waals surface area contributed by atoms with Gasteiger partial charge in [-0.05, 0) is 44.6 Å². The maximum Gasteiger partial charge on any atom is 0.158 e. The van der Waals surface area contributed by atoms with Gasteiger partial charge in [0.15, 0.2) is 5.78 Å². The van der Waals surface area contributed by atoms with Gasteiger partial charge in [-0.2, -0.15) is 0 Å². The van der Waals surface area contributed by atoms with E-state index in [1.165, 1.54) is 24.8 Å². The topological polar surface area (TPSA) is 17.1 Å². The van der Waals surface area contributed by atoms with Gasteiger partial charge in [-0.25, -0.2) is 0 Å². The van der Waals surface area contributed by atoms with Crippen LogP contribution in [0, 0.1) is 0 Å². The van der Waals surface area contributed by atoms with E-state index >= 15 is 0 Å². The molecule has 0 atom stereocenters. The zero-order valence-corrected chi connectivity index (χ0v) is 8.86. The minimum atomic E-state index is 0.417. The van der Waals surface area contributed by atoms with Crippen LogP contribution in [-0.4, -0.2) is 5.78 Å². The number of allylic oxidation sites excluding steroid dienone is 2. The molecule has 1 saturated carbocycles. The van der Waals surface area contributed by atoms with Gasteiger partial charge in [-0.15, -0.1) is 0 Å². The molecule has 1 rings (SSSR count). The van der Waals surface area contributed by atoms with Crippen LogP contribution in [0.1, 0.15) is 58.8 Å². The third-order valence-corrected chi connectivity index (χ3v) is 2.84. The van der Waals surface area contributed by atoms with Crippen molar-refractivity contribution in [2.75, 3.05) is 0 Å². The Bertz CT molecular complexity index is 213. The van der Waals surface area contributed by atoms with Crippen molar-refractivity contribution >= 4 is 5.78 Å². The van der Waals surface area contributed by atoms with E-state index in [2.05, 4.69) is 13.8 Å². The SMILES string of the molecule is CCCCC(C)=C1CCCCC1=O. The maximum absolute atomic E-state index is 11.5. The summed E-state index contributed by atoms with van der Waals surface area (Å²) in [5, 5.41) is 0. The lowest BCUT2D eigenvalue weighted by Crippen LogP contribution is -2.10. The number of carbonyl (C=O) groups excluding carboxylic acids is 1. The van der Waals surface area contributed by atoms with Crippen LogP contribution in [0.4, 0.5) is 0 Å². The molecular weight excluding hydrogens is 160 g/mol. The molecule has 1 nitrogen and oxygen atoms in total. The first kappa shape index (κ1) is 10.5. The monoisotopic (exact) mass is 180 g/mol. The summed E-state index contributed by atoms with van der Waals surface area (Å²) < 4.78 is 0. The molecule has 0 aromatic heterocycles. The van der Waals surface area contributed by atoms with Crippen LogP contribution in [0.5, 0.6) is 0 Å². The number of hydrogen-bond acceptors (Lipinski definition) is 1. The number of ketones is 1. The van der Waals surface area contributed by atoms with Gasteiger partial charge < -0.3 is 0 Å². The quantitative estimate of drug-likeness (QED) is 0.606. The Hall–Kier alpha value is -0.590. The highest BCUT2D eigenvalue weighted by atomic mass is 16.1. The summed E-state index contributed by atoms with van der Waals surface area (Å²) in [4.78, 5) is 11.5. The average molecular weight is 180 g/mol. The van der Waals surface area contributed by atoms with E-state index in [4.69, 9.17) is 0 Å². The standard InChI is InChI=1S/C12H20O/c1-3-4-7-10(2)11-8-5-6-9-12(11)13/h3-9H2,1-2H3. The highest BCUT2D eigenvalue weighted by molar-refractivity contribution is 5.96. The molecule has 0 aliphatic heterocycles. The summed E-state index contributed by atoms with van der Waals surface area (Å²) in [6.45, 7) is 4.33. The lowest BCUT2D eigenvalue weighted by atomic mass is 9.89. The second-order valence-corrected chi connectivity index (χ2v) is 3.99. The van der Waals surface area contributed by atoms with Gasteiger partial charge in [-0.1, -0.05) is 18.9 Å². The zero-order valence-electron chi connectivity index (χ0n) is 8.86. The van der Waals surface area contributed by atoms with Crippen molar-refractivity contribution in [3.8, 4) is 0 Å². The number of Topliss-reactive ketones (excluding diaryl/α,β-unsaturated/α-hetero) is 1. The van der Waals surface area contributed by atoms with E-state index < -0.39 is 0 Å². The van der Waals surface area contributed by atoms with Crippen molar-refractivity contribution in [2.24, 2.45) is 0 Å². The number of unbranched alkanes of at least 4 members (excludes halogenated alkanes) is 1. The van der Waals surface area contributed by atoms with Gasteiger partial charge in [0.25, 0.3) is 0 Å². The number of hydrogen-bond donors (Lipinski definition) is 0. The fourth-order valence-electron chi connectivity index (χ4n) is 1.92. The van der Waals surface area contributed by atoms with E-state index in [1.807, 2.05) is 0 Å². The number of carbonyl (C=O) groups is 1. The van der Waals surface area contributed by atoms with Crippen LogP contribution < -0.4 is 0 Å². The summed E-state index contributed by atoms with van der Waals surface area (Å²) in [5.41, 5.74) is 2.51. The third kappa shape index (κ3) is 2.98. The van der Waals surface area contributed by atoms with Gasteiger partial charge in [0.05, 0.1) is 0 Å². The molecule has 0 heterocycles. The Morgan fingerprint density at radius 1 is 1.31 bits per heavy atom. The van der Waals surface area contributed by atoms with Gasteiger partial charge in [0, 0.05) is 6.42 Å². The Morgan fingerprint density at radius 3 is 2.62 bits per heavy atom. The molecule has 0 aromatic carbocycles. The highest BCUT2D eigenvalue weighted by Crippen LogP contribution is 2.24. The molecule has 0 aromatic rings. The van der Waals surface area contributed by atoms with Gasteiger partial charge in [-0.3, -0.25) is 4.79 Å². The molecule has 0 amide bonds. The molecule has 1 aliphatic rings. The molecule has 1 heteroatoms. The van der Waals surface area contributed by atoms with Crippen molar-refractivity contribution in [3.63, 3.8) is 0 Å². The molecule has 1 fully saturated rings. The summed E-state index contributed by atoms with van der Waals surface area (Å²) in [7, 11) is 0. The molecule has 0 bridgehead atoms. The van der Waals surface area contributed by atoms with Crippen molar-refractivity contribution in [2.45, 2.75) is 58.8 Å². The third-order valence-electron chi connectivity index (χ3n) is 2.84. The normalized spacial score (nSPS) is 21.8. The van der Waals surface area contributed by atoms with Crippen molar-refractivity contribution in [1.82, 2.24) is 0 Å². The van der Waals surface area contributed by atoms with Crippen LogP contribution >= 0.6 is 0 Å². The first-order chi connectivity index (χ1) is 6.25. The average Bonchev–Trinajstić information content (AvgIpc) is 2.15. The van der Waals surface area contributed by atoms with Crippen LogP contribution in [0.3, 0.4) is 0 Å². The largest absolute Gasteiger partial charge is 0.295 e. The Labute approximate surface area is 81.2 Å². The Morgan fingerprint density at radius 2 is 2.00 bits per heavy atom. The van der Waals surface area contributed by atoms with E-state index in [1.54, 1.807) is 0 Å². The van der Waals surface area contributed by atoms with Gasteiger partial charge >= 0.3 is 0 Å². The molecule has 1 aliphatic carbocycles. The summed E-state index contributed by atoms with van der Waals surface area (Å²) in [6, 6.07) is 0. The lowest BCUT2D eigenvalue weighted by Gasteiger charge is -2.15. The van der Waals surface area contributed by atoms with Crippen LogP contribution in [0.2, 0.25) is 0 Å². The molecule has 0 unspecified atom stereocenters. The predicted octanol–water partition coefficient (Wildman–Crippen LogP) is 3.64. The van der Waals surface area contributed by atoms with E-state index in [-0.39, 0.29) is 0 Å². The second kappa shape index (κ2) is 5.21. The van der Waals surface area contributed by atoms with Crippen molar-refractivity contribution in [1.29, 1.82) is 0 Å². The van der Waals surface area contributed by atoms with Crippen LogP contribution in [-0.2, 0) is 4.79 Å². The predicted molar refractivity (Wildman–Crippen MR) is 55.7 cm³/mol. The van der Waals surface area contributed by atoms with Gasteiger partial charge in [0.1, 0.15) is 0 Å². The smallest absolute Gasteiger partial charge is 0.158 e. The van der Waals surface area contributed by atoms with Crippen LogP contribution in [0.15, 0.2) is 11.1 Å². The van der Waals surface area contributed by atoms with Crippen molar-refractivity contribution in [3.05, 3.63) is 11.1 Å². The molecule has 0 radical (unpaired) electrons. The molecule has 0 spiro atoms. The lowest BCUT2D eigenvalue weighted by molar-refractivity contribution is -0.116. The van der Waals surface area contributed by atoms with E-state index in [9.17, 15) is 4.79 Å². The number of rotatable bonds is 3. The van der Waals surface area contributed by atoms with Crippen molar-refractivity contribution < 1.29 is 4.79 Å². The molecule has 0 N–H and O–H groups in total. The Balaban J connectivity index is 2.58. The maximum atomic E-state index is 11.5. The first-order valence-corrected chi connectivity index (χ1v) is 5.47. The fraction of sp³-hybridized carbons (Fsp3) is 0.750.